The maximum atomic E-state index is 9.99. The van der Waals surface area contributed by atoms with E-state index in [0.29, 0.717) is 17.5 Å². The van der Waals surface area contributed by atoms with Gasteiger partial charge >= 0.3 is 0 Å². The summed E-state index contributed by atoms with van der Waals surface area (Å²) in [4.78, 5) is 17.9. The highest BCUT2D eigenvalue weighted by Gasteiger charge is 2.42. The van der Waals surface area contributed by atoms with Crippen LogP contribution in [0.5, 0.6) is 0 Å². The third-order valence-electron chi connectivity index (χ3n) is 4.40. The van der Waals surface area contributed by atoms with Crippen LogP contribution in [0, 0.1) is 11.8 Å². The molecule has 0 spiro atoms. The smallest absolute Gasteiger partial charge is 0.224 e. The van der Waals surface area contributed by atoms with Crippen molar-refractivity contribution in [3.63, 3.8) is 0 Å². The lowest BCUT2D eigenvalue weighted by atomic mass is 10.00. The molecule has 0 radical (unpaired) electrons. The van der Waals surface area contributed by atoms with Crippen molar-refractivity contribution >= 4 is 22.9 Å². The van der Waals surface area contributed by atoms with Crippen molar-refractivity contribution in [1.82, 2.24) is 19.9 Å². The number of rotatable bonds is 1. The Morgan fingerprint density at radius 1 is 1.32 bits per heavy atom. The van der Waals surface area contributed by atoms with E-state index in [2.05, 4.69) is 24.8 Å². The minimum atomic E-state index is -0.175. The Hall–Kier alpha value is -1.89. The van der Waals surface area contributed by atoms with E-state index in [0.717, 1.165) is 37.3 Å². The number of H-pyrrole nitrogens is 1. The Morgan fingerprint density at radius 2 is 2.21 bits per heavy atom. The molecule has 2 aliphatic rings. The quantitative estimate of drug-likeness (QED) is 0.674. The fourth-order valence-corrected chi connectivity index (χ4v) is 3.47. The van der Waals surface area contributed by atoms with Gasteiger partial charge in [-0.1, -0.05) is 0 Å². The highest BCUT2D eigenvalue weighted by atomic mass is 16.3. The van der Waals surface area contributed by atoms with Gasteiger partial charge in [0.05, 0.1) is 12.4 Å². The van der Waals surface area contributed by atoms with Gasteiger partial charge in [0.25, 0.3) is 0 Å². The standard InChI is InChI=1S/C12H16N6O/c13-12-16-10-9(14-5-15-10)11(17-12)18-3-6-1-2-8(19)7(6)4-18/h5-8,19H,1-4H2,(H3,13,14,15,16,17). The average Bonchev–Trinajstić information content (AvgIpc) is 3.05. The van der Waals surface area contributed by atoms with E-state index in [1.165, 1.54) is 0 Å². The summed E-state index contributed by atoms with van der Waals surface area (Å²) in [5.41, 5.74) is 7.16. The van der Waals surface area contributed by atoms with Crippen molar-refractivity contribution < 1.29 is 5.11 Å². The molecule has 7 heteroatoms. The summed E-state index contributed by atoms with van der Waals surface area (Å²) in [6.07, 6.45) is 3.45. The predicted molar refractivity (Wildman–Crippen MR) is 70.5 cm³/mol. The van der Waals surface area contributed by atoms with Crippen molar-refractivity contribution in [2.24, 2.45) is 11.8 Å². The molecule has 0 aromatic carbocycles. The first kappa shape index (κ1) is 11.0. The summed E-state index contributed by atoms with van der Waals surface area (Å²) in [6, 6.07) is 0. The summed E-state index contributed by atoms with van der Waals surface area (Å²) in [5.74, 6) is 1.96. The lowest BCUT2D eigenvalue weighted by molar-refractivity contribution is 0.133. The van der Waals surface area contributed by atoms with E-state index >= 15 is 0 Å². The van der Waals surface area contributed by atoms with Crippen LogP contribution in [0.15, 0.2) is 6.33 Å². The Labute approximate surface area is 109 Å². The van der Waals surface area contributed by atoms with Crippen molar-refractivity contribution in [2.45, 2.75) is 18.9 Å². The lowest BCUT2D eigenvalue weighted by Gasteiger charge is -2.19. The van der Waals surface area contributed by atoms with Crippen molar-refractivity contribution in [1.29, 1.82) is 0 Å². The van der Waals surface area contributed by atoms with Crippen molar-refractivity contribution in [3.8, 4) is 0 Å². The first-order valence-corrected chi connectivity index (χ1v) is 6.62. The molecule has 0 amide bonds. The van der Waals surface area contributed by atoms with Crippen molar-refractivity contribution in [3.05, 3.63) is 6.33 Å². The molecule has 2 fully saturated rings. The van der Waals surface area contributed by atoms with Gasteiger partial charge in [-0.25, -0.2) is 4.98 Å². The third kappa shape index (κ3) is 1.58. The minimum absolute atomic E-state index is 0.175. The number of fused-ring (bicyclic) bond motifs is 2. The summed E-state index contributed by atoms with van der Waals surface area (Å²) >= 11 is 0. The Balaban J connectivity index is 1.74. The highest BCUT2D eigenvalue weighted by molar-refractivity contribution is 5.84. The van der Waals surface area contributed by atoms with E-state index < -0.39 is 0 Å². The molecular formula is C12H16N6O. The molecule has 1 saturated heterocycles. The topological polar surface area (TPSA) is 104 Å². The first-order chi connectivity index (χ1) is 9.22. The number of nitrogen functional groups attached to an aromatic ring is 1. The number of nitrogens with two attached hydrogens (primary N) is 1. The molecule has 7 nitrogen and oxygen atoms in total. The molecule has 1 aliphatic carbocycles. The van der Waals surface area contributed by atoms with Gasteiger partial charge in [-0.3, -0.25) is 0 Å². The number of imidazole rings is 1. The number of anilines is 2. The first-order valence-electron chi connectivity index (χ1n) is 6.62. The van der Waals surface area contributed by atoms with E-state index in [-0.39, 0.29) is 12.1 Å². The molecule has 0 bridgehead atoms. The minimum Gasteiger partial charge on any atom is -0.393 e. The zero-order chi connectivity index (χ0) is 13.0. The zero-order valence-corrected chi connectivity index (χ0v) is 10.5. The fraction of sp³-hybridized carbons (Fsp3) is 0.583. The molecule has 2 aromatic heterocycles. The zero-order valence-electron chi connectivity index (χ0n) is 10.5. The lowest BCUT2D eigenvalue weighted by Crippen LogP contribution is -2.25. The van der Waals surface area contributed by atoms with Gasteiger partial charge < -0.3 is 20.7 Å². The molecular weight excluding hydrogens is 244 g/mol. The van der Waals surface area contributed by atoms with Crippen LogP contribution in [0.25, 0.3) is 11.2 Å². The van der Waals surface area contributed by atoms with Crippen LogP contribution in [-0.4, -0.2) is 44.2 Å². The fourth-order valence-electron chi connectivity index (χ4n) is 3.47. The number of nitrogens with zero attached hydrogens (tertiary/aromatic N) is 4. The number of aromatic nitrogens is 4. The number of aromatic amines is 1. The molecule has 1 saturated carbocycles. The number of aliphatic hydroxyl groups excluding tert-OH is 1. The number of hydrogen-bond acceptors (Lipinski definition) is 6. The molecule has 3 heterocycles. The molecule has 1 aliphatic heterocycles. The molecule has 4 N–H and O–H groups in total. The molecule has 4 rings (SSSR count). The van der Waals surface area contributed by atoms with Gasteiger partial charge in [-0.05, 0) is 18.8 Å². The largest absolute Gasteiger partial charge is 0.393 e. The molecule has 100 valence electrons. The van der Waals surface area contributed by atoms with Crippen LogP contribution < -0.4 is 10.6 Å². The van der Waals surface area contributed by atoms with Crippen molar-refractivity contribution in [2.75, 3.05) is 23.7 Å². The van der Waals surface area contributed by atoms with Gasteiger partial charge in [0.1, 0.15) is 5.52 Å². The van der Waals surface area contributed by atoms with Crippen LogP contribution in [0.3, 0.4) is 0 Å². The molecule has 2 aromatic rings. The molecule has 19 heavy (non-hydrogen) atoms. The van der Waals surface area contributed by atoms with E-state index in [9.17, 15) is 5.11 Å². The summed E-state index contributed by atoms with van der Waals surface area (Å²) in [6.45, 7) is 1.75. The van der Waals surface area contributed by atoms with Crippen LogP contribution in [0.1, 0.15) is 12.8 Å². The maximum Gasteiger partial charge on any atom is 0.224 e. The van der Waals surface area contributed by atoms with Gasteiger partial charge in [0.15, 0.2) is 11.5 Å². The second-order valence-corrected chi connectivity index (χ2v) is 5.48. The monoisotopic (exact) mass is 260 g/mol. The van der Waals surface area contributed by atoms with Crippen LogP contribution in [0.4, 0.5) is 11.8 Å². The van der Waals surface area contributed by atoms with Gasteiger partial charge in [0.2, 0.25) is 5.95 Å². The summed E-state index contributed by atoms with van der Waals surface area (Å²) in [5, 5.41) is 9.99. The summed E-state index contributed by atoms with van der Waals surface area (Å²) < 4.78 is 0. The average molecular weight is 260 g/mol. The maximum absolute atomic E-state index is 9.99. The Morgan fingerprint density at radius 3 is 3.05 bits per heavy atom. The Bertz CT molecular complexity index is 626. The highest BCUT2D eigenvalue weighted by Crippen LogP contribution is 2.40. The number of hydrogen-bond donors (Lipinski definition) is 3. The van der Waals surface area contributed by atoms with Gasteiger partial charge in [-0.2, -0.15) is 9.97 Å². The van der Waals surface area contributed by atoms with Gasteiger partial charge in [0, 0.05) is 19.0 Å². The predicted octanol–water partition coefficient (Wildman–Crippen LogP) is 0.142. The molecule has 3 unspecified atom stereocenters. The van der Waals surface area contributed by atoms with E-state index in [4.69, 9.17) is 5.73 Å². The Kier molecular flexibility index (Phi) is 2.20. The van der Waals surface area contributed by atoms with Crippen LogP contribution in [-0.2, 0) is 0 Å². The normalized spacial score (nSPS) is 30.2. The second-order valence-electron chi connectivity index (χ2n) is 5.48. The second kappa shape index (κ2) is 3.80. The van der Waals surface area contributed by atoms with Gasteiger partial charge in [-0.15, -0.1) is 0 Å². The summed E-state index contributed by atoms with van der Waals surface area (Å²) in [7, 11) is 0. The number of aliphatic hydroxyl groups is 1. The third-order valence-corrected chi connectivity index (χ3v) is 4.40. The van der Waals surface area contributed by atoms with E-state index in [1.54, 1.807) is 6.33 Å². The SMILES string of the molecule is Nc1nc(N2CC3CCC(O)C3C2)c2[nH]cnc2n1. The van der Waals surface area contributed by atoms with E-state index in [1.807, 2.05) is 0 Å². The van der Waals surface area contributed by atoms with Crippen LogP contribution in [0.2, 0.25) is 0 Å². The molecule has 3 atom stereocenters. The van der Waals surface area contributed by atoms with Crippen LogP contribution >= 0.6 is 0 Å². The number of nitrogens with one attached hydrogen (secondary N) is 1.